The lowest BCUT2D eigenvalue weighted by molar-refractivity contribution is -0.132. The number of nitrogens with zero attached hydrogens (tertiary/aromatic N) is 1. The molecule has 31 heavy (non-hydrogen) atoms. The molecule has 1 atom stereocenters. The van der Waals surface area contributed by atoms with Crippen molar-refractivity contribution < 1.29 is 28.6 Å². The third kappa shape index (κ3) is 3.53. The van der Waals surface area contributed by atoms with Gasteiger partial charge in [0, 0.05) is 17.3 Å². The minimum atomic E-state index is -0.996. The Hall–Kier alpha value is -3.71. The minimum absolute atomic E-state index is 0.141. The molecular formula is C23H18ClNO6. The average Bonchev–Trinajstić information content (AvgIpc) is 3.40. The number of rotatable bonds is 5. The summed E-state index contributed by atoms with van der Waals surface area (Å²) >= 11 is 6.28. The lowest BCUT2D eigenvalue weighted by Crippen LogP contribution is -2.29. The van der Waals surface area contributed by atoms with Crippen LogP contribution >= 0.6 is 11.6 Å². The van der Waals surface area contributed by atoms with Crippen LogP contribution in [0.1, 0.15) is 17.4 Å². The van der Waals surface area contributed by atoms with Crippen LogP contribution in [0.25, 0.3) is 5.76 Å². The van der Waals surface area contributed by atoms with E-state index in [1.54, 1.807) is 42.5 Å². The Balaban J connectivity index is 1.94. The zero-order chi connectivity index (χ0) is 22.1. The summed E-state index contributed by atoms with van der Waals surface area (Å²) in [6.07, 6.45) is 1.43. The second-order valence-electron chi connectivity index (χ2n) is 6.73. The number of aliphatic hydroxyl groups excluding tert-OH is 1. The first-order chi connectivity index (χ1) is 15.0. The summed E-state index contributed by atoms with van der Waals surface area (Å²) in [5, 5.41) is 11.3. The topological polar surface area (TPSA) is 89.2 Å². The number of carbonyl (C=O) groups is 2. The van der Waals surface area contributed by atoms with E-state index in [9.17, 15) is 14.7 Å². The predicted molar refractivity (Wildman–Crippen MR) is 114 cm³/mol. The SMILES string of the molecule is COc1cccc(N2C(=O)C(=O)/C(=C(\O)c3cc(OC)ccc3Cl)C2c2ccco2)c1. The molecule has 2 aromatic carbocycles. The highest BCUT2D eigenvalue weighted by Crippen LogP contribution is 2.43. The molecule has 0 spiro atoms. The second kappa shape index (κ2) is 8.20. The number of anilines is 1. The number of amides is 1. The summed E-state index contributed by atoms with van der Waals surface area (Å²) in [5.41, 5.74) is 0.442. The van der Waals surface area contributed by atoms with Gasteiger partial charge in [-0.05, 0) is 42.5 Å². The molecule has 1 saturated heterocycles. The molecule has 8 heteroatoms. The number of Topliss-reactive ketones (excluding diaryl/α,β-unsaturated/α-hetero) is 1. The number of aliphatic hydroxyl groups is 1. The van der Waals surface area contributed by atoms with Crippen molar-refractivity contribution in [1.29, 1.82) is 0 Å². The van der Waals surface area contributed by atoms with Gasteiger partial charge in [-0.3, -0.25) is 14.5 Å². The Labute approximate surface area is 183 Å². The molecule has 0 bridgehead atoms. The van der Waals surface area contributed by atoms with Crippen LogP contribution in [0.5, 0.6) is 11.5 Å². The van der Waals surface area contributed by atoms with E-state index in [0.29, 0.717) is 22.9 Å². The quantitative estimate of drug-likeness (QED) is 0.355. The molecule has 1 aliphatic heterocycles. The van der Waals surface area contributed by atoms with E-state index >= 15 is 0 Å². The van der Waals surface area contributed by atoms with Crippen LogP contribution in [0.15, 0.2) is 70.9 Å². The summed E-state index contributed by atoms with van der Waals surface area (Å²) in [6, 6.07) is 13.6. The van der Waals surface area contributed by atoms with Crippen LogP contribution in [0.3, 0.4) is 0 Å². The van der Waals surface area contributed by atoms with Crippen molar-refractivity contribution in [2.45, 2.75) is 6.04 Å². The third-order valence-electron chi connectivity index (χ3n) is 5.02. The molecule has 0 radical (unpaired) electrons. The smallest absolute Gasteiger partial charge is 0.300 e. The van der Waals surface area contributed by atoms with Gasteiger partial charge in [0.15, 0.2) is 0 Å². The maximum absolute atomic E-state index is 13.1. The maximum atomic E-state index is 13.1. The first-order valence-electron chi connectivity index (χ1n) is 9.28. The standard InChI is InChI=1S/C23H18ClNO6/c1-29-14-6-3-5-13(11-14)25-20(18-7-4-10-31-18)19(22(27)23(25)28)21(26)16-12-15(30-2)8-9-17(16)24/h3-12,20,26H,1-2H3/b21-19-. The normalized spacial score (nSPS) is 17.8. The molecule has 3 aromatic rings. The summed E-state index contributed by atoms with van der Waals surface area (Å²) in [4.78, 5) is 27.4. The van der Waals surface area contributed by atoms with Crippen LogP contribution in [0, 0.1) is 0 Å². The number of hydrogen-bond acceptors (Lipinski definition) is 6. The maximum Gasteiger partial charge on any atom is 0.300 e. The largest absolute Gasteiger partial charge is 0.507 e. The van der Waals surface area contributed by atoms with Gasteiger partial charge in [0.1, 0.15) is 29.1 Å². The molecule has 0 aliphatic carbocycles. The number of carbonyl (C=O) groups excluding carboxylic acids is 2. The molecule has 1 aromatic heterocycles. The van der Waals surface area contributed by atoms with Crippen molar-refractivity contribution in [1.82, 2.24) is 0 Å². The lowest BCUT2D eigenvalue weighted by Gasteiger charge is -2.23. The van der Waals surface area contributed by atoms with Crippen LogP contribution < -0.4 is 14.4 Å². The van der Waals surface area contributed by atoms with Gasteiger partial charge < -0.3 is 19.0 Å². The molecule has 0 saturated carbocycles. The number of hydrogen-bond donors (Lipinski definition) is 1. The van der Waals surface area contributed by atoms with Crippen molar-refractivity contribution in [3.8, 4) is 11.5 Å². The van der Waals surface area contributed by atoms with Gasteiger partial charge >= 0.3 is 0 Å². The second-order valence-corrected chi connectivity index (χ2v) is 7.14. The van der Waals surface area contributed by atoms with Gasteiger partial charge in [-0.25, -0.2) is 0 Å². The number of ketones is 1. The first kappa shape index (κ1) is 20.6. The fourth-order valence-electron chi connectivity index (χ4n) is 3.53. The van der Waals surface area contributed by atoms with E-state index in [4.69, 9.17) is 25.5 Å². The number of ether oxygens (including phenoxy) is 2. The highest BCUT2D eigenvalue weighted by Gasteiger charge is 2.48. The third-order valence-corrected chi connectivity index (χ3v) is 5.35. The molecule has 1 unspecified atom stereocenters. The molecule has 158 valence electrons. The summed E-state index contributed by atoms with van der Waals surface area (Å²) < 4.78 is 16.0. The first-order valence-corrected chi connectivity index (χ1v) is 9.66. The monoisotopic (exact) mass is 439 g/mol. The Morgan fingerprint density at radius 1 is 1.03 bits per heavy atom. The summed E-state index contributed by atoms with van der Waals surface area (Å²) in [7, 11) is 2.97. The number of methoxy groups -OCH3 is 2. The fourth-order valence-corrected chi connectivity index (χ4v) is 3.74. The molecule has 7 nitrogen and oxygen atoms in total. The van der Waals surface area contributed by atoms with Crippen molar-refractivity contribution in [2.75, 3.05) is 19.1 Å². The van der Waals surface area contributed by atoms with E-state index in [1.165, 1.54) is 37.5 Å². The van der Waals surface area contributed by atoms with Crippen LogP contribution in [-0.2, 0) is 9.59 Å². The van der Waals surface area contributed by atoms with E-state index in [1.807, 2.05) is 0 Å². The zero-order valence-electron chi connectivity index (χ0n) is 16.7. The Morgan fingerprint density at radius 2 is 1.77 bits per heavy atom. The molecular weight excluding hydrogens is 422 g/mol. The van der Waals surface area contributed by atoms with Gasteiger partial charge in [-0.15, -0.1) is 0 Å². The Bertz CT molecular complexity index is 1180. The molecule has 4 rings (SSSR count). The van der Waals surface area contributed by atoms with Crippen molar-refractivity contribution in [2.24, 2.45) is 0 Å². The lowest BCUT2D eigenvalue weighted by atomic mass is 9.99. The van der Waals surface area contributed by atoms with Crippen molar-refractivity contribution in [3.63, 3.8) is 0 Å². The van der Waals surface area contributed by atoms with E-state index in [-0.39, 0.29) is 16.2 Å². The van der Waals surface area contributed by atoms with E-state index in [2.05, 4.69) is 0 Å². The van der Waals surface area contributed by atoms with Gasteiger partial charge in [-0.2, -0.15) is 0 Å². The van der Waals surface area contributed by atoms with Crippen molar-refractivity contribution in [3.05, 3.63) is 82.8 Å². The predicted octanol–water partition coefficient (Wildman–Crippen LogP) is 4.58. The van der Waals surface area contributed by atoms with Crippen molar-refractivity contribution >= 4 is 34.7 Å². The fraction of sp³-hybridized carbons (Fsp3) is 0.130. The number of benzene rings is 2. The number of furan rings is 1. The van der Waals surface area contributed by atoms with Crippen LogP contribution in [0.4, 0.5) is 5.69 Å². The van der Waals surface area contributed by atoms with E-state index in [0.717, 1.165) is 0 Å². The molecule has 1 fully saturated rings. The highest BCUT2D eigenvalue weighted by atomic mass is 35.5. The molecule has 1 aliphatic rings. The molecule has 2 heterocycles. The van der Waals surface area contributed by atoms with E-state index < -0.39 is 23.5 Å². The average molecular weight is 440 g/mol. The van der Waals surface area contributed by atoms with Crippen LogP contribution in [0.2, 0.25) is 5.02 Å². The molecule has 1 N–H and O–H groups in total. The highest BCUT2D eigenvalue weighted by molar-refractivity contribution is 6.52. The van der Waals surface area contributed by atoms with Crippen LogP contribution in [-0.4, -0.2) is 31.0 Å². The van der Waals surface area contributed by atoms with Gasteiger partial charge in [-0.1, -0.05) is 17.7 Å². The van der Waals surface area contributed by atoms with Gasteiger partial charge in [0.05, 0.1) is 31.1 Å². The summed E-state index contributed by atoms with van der Waals surface area (Å²) in [6.45, 7) is 0. The Morgan fingerprint density at radius 3 is 2.45 bits per heavy atom. The minimum Gasteiger partial charge on any atom is -0.507 e. The zero-order valence-corrected chi connectivity index (χ0v) is 17.4. The van der Waals surface area contributed by atoms with Gasteiger partial charge in [0.2, 0.25) is 0 Å². The van der Waals surface area contributed by atoms with Gasteiger partial charge in [0.25, 0.3) is 11.7 Å². The number of halogens is 1. The Kier molecular flexibility index (Phi) is 5.44. The summed E-state index contributed by atoms with van der Waals surface area (Å²) in [5.74, 6) is -0.844. The molecule has 1 amide bonds.